The summed E-state index contributed by atoms with van der Waals surface area (Å²) in [5.41, 5.74) is 1.21. The zero-order valence-electron chi connectivity index (χ0n) is 11.8. The van der Waals surface area contributed by atoms with Crippen LogP contribution in [0.15, 0.2) is 40.9 Å². The Morgan fingerprint density at radius 1 is 1.14 bits per heavy atom. The molecule has 0 aliphatic rings. The number of rotatable bonds is 5. The van der Waals surface area contributed by atoms with Gasteiger partial charge in [-0.1, -0.05) is 42.3 Å². The van der Waals surface area contributed by atoms with E-state index < -0.39 is 0 Å². The highest BCUT2D eigenvalue weighted by Crippen LogP contribution is 2.36. The molecular formula is C16H16BrCl2NO. The van der Waals surface area contributed by atoms with Crippen molar-refractivity contribution in [3.63, 3.8) is 0 Å². The Hall–Kier alpha value is -0.740. The van der Waals surface area contributed by atoms with Crippen molar-refractivity contribution in [1.82, 2.24) is 5.32 Å². The highest BCUT2D eigenvalue weighted by atomic mass is 79.9. The van der Waals surface area contributed by atoms with Gasteiger partial charge in [0.15, 0.2) is 0 Å². The number of hydrogen-bond acceptors (Lipinski definition) is 2. The molecule has 0 radical (unpaired) electrons. The topological polar surface area (TPSA) is 21.3 Å². The van der Waals surface area contributed by atoms with Crippen LogP contribution in [0.4, 0.5) is 0 Å². The van der Waals surface area contributed by atoms with Crippen LogP contribution in [-0.4, -0.2) is 6.54 Å². The Balaban J connectivity index is 2.15. The zero-order chi connectivity index (χ0) is 15.4. The van der Waals surface area contributed by atoms with Gasteiger partial charge >= 0.3 is 0 Å². The van der Waals surface area contributed by atoms with Gasteiger partial charge in [-0.05, 0) is 53.2 Å². The van der Waals surface area contributed by atoms with Crippen LogP contribution in [0.2, 0.25) is 10.0 Å². The van der Waals surface area contributed by atoms with Crippen molar-refractivity contribution >= 4 is 39.1 Å². The van der Waals surface area contributed by atoms with Crippen molar-refractivity contribution in [3.05, 3.63) is 56.5 Å². The van der Waals surface area contributed by atoms with Crippen LogP contribution in [0, 0.1) is 0 Å². The molecule has 0 saturated carbocycles. The first-order chi connectivity index (χ1) is 10.0. The van der Waals surface area contributed by atoms with Gasteiger partial charge in [-0.2, -0.15) is 0 Å². The van der Waals surface area contributed by atoms with E-state index in [1.807, 2.05) is 24.3 Å². The molecule has 2 aromatic rings. The molecule has 0 aliphatic heterocycles. The van der Waals surface area contributed by atoms with Crippen LogP contribution in [0.1, 0.15) is 25.5 Å². The van der Waals surface area contributed by atoms with Gasteiger partial charge in [-0.25, -0.2) is 0 Å². The molecule has 0 aromatic heterocycles. The minimum atomic E-state index is 0.315. The molecule has 0 saturated heterocycles. The highest BCUT2D eigenvalue weighted by Gasteiger charge is 2.09. The first kappa shape index (κ1) is 16.6. The van der Waals surface area contributed by atoms with Crippen molar-refractivity contribution in [3.8, 4) is 11.5 Å². The van der Waals surface area contributed by atoms with Crippen LogP contribution in [0.25, 0.3) is 0 Å². The molecule has 2 aromatic carbocycles. The quantitative estimate of drug-likeness (QED) is 0.614. The fraction of sp³-hybridized carbons (Fsp3) is 0.250. The molecule has 0 heterocycles. The molecule has 0 bridgehead atoms. The van der Waals surface area contributed by atoms with Crippen LogP contribution >= 0.6 is 39.1 Å². The predicted molar refractivity (Wildman–Crippen MR) is 92.8 cm³/mol. The molecule has 0 spiro atoms. The summed E-state index contributed by atoms with van der Waals surface area (Å²) in [6, 6.07) is 11.7. The SMILES string of the molecule is CCNC(C)c1ccc(Oc2cc(Cl)c(Br)cc2Cl)cc1. The lowest BCUT2D eigenvalue weighted by molar-refractivity contribution is 0.482. The second-order valence-electron chi connectivity index (χ2n) is 4.65. The first-order valence-electron chi connectivity index (χ1n) is 6.67. The smallest absolute Gasteiger partial charge is 0.147 e. The van der Waals surface area contributed by atoms with Crippen molar-refractivity contribution in [1.29, 1.82) is 0 Å². The number of ether oxygens (including phenoxy) is 1. The molecule has 5 heteroatoms. The van der Waals surface area contributed by atoms with E-state index in [-0.39, 0.29) is 0 Å². The maximum atomic E-state index is 6.15. The van der Waals surface area contributed by atoms with E-state index >= 15 is 0 Å². The average molecular weight is 389 g/mol. The van der Waals surface area contributed by atoms with Crippen LogP contribution < -0.4 is 10.1 Å². The molecule has 0 amide bonds. The third-order valence-electron chi connectivity index (χ3n) is 3.09. The standard InChI is InChI=1S/C16H16BrCl2NO/c1-3-20-10(2)11-4-6-12(7-5-11)21-16-9-14(18)13(17)8-15(16)19/h4-10,20H,3H2,1-2H3. The van der Waals surface area contributed by atoms with Gasteiger partial charge in [0.25, 0.3) is 0 Å². The molecular weight excluding hydrogens is 373 g/mol. The molecule has 1 N–H and O–H groups in total. The number of halogens is 3. The maximum Gasteiger partial charge on any atom is 0.147 e. The second kappa shape index (κ2) is 7.50. The van der Waals surface area contributed by atoms with Gasteiger partial charge in [-0.15, -0.1) is 0 Å². The minimum absolute atomic E-state index is 0.315. The van der Waals surface area contributed by atoms with Gasteiger partial charge in [0.1, 0.15) is 11.5 Å². The van der Waals surface area contributed by atoms with E-state index in [2.05, 4.69) is 35.1 Å². The fourth-order valence-corrected chi connectivity index (χ4v) is 2.79. The summed E-state index contributed by atoms with van der Waals surface area (Å²) >= 11 is 15.5. The van der Waals surface area contributed by atoms with Crippen LogP contribution in [-0.2, 0) is 0 Å². The predicted octanol–water partition coefficient (Wildman–Crippen LogP) is 6.22. The Morgan fingerprint density at radius 3 is 2.43 bits per heavy atom. The van der Waals surface area contributed by atoms with E-state index in [0.717, 1.165) is 16.8 Å². The number of nitrogens with one attached hydrogen (secondary N) is 1. The van der Waals surface area contributed by atoms with E-state index in [0.29, 0.717) is 21.8 Å². The van der Waals surface area contributed by atoms with Gasteiger partial charge in [0.2, 0.25) is 0 Å². The summed E-state index contributed by atoms with van der Waals surface area (Å²) in [4.78, 5) is 0. The molecule has 2 nitrogen and oxygen atoms in total. The Morgan fingerprint density at radius 2 is 1.81 bits per heavy atom. The number of hydrogen-bond donors (Lipinski definition) is 1. The lowest BCUT2D eigenvalue weighted by Gasteiger charge is -2.14. The Kier molecular flexibility index (Phi) is 5.94. The highest BCUT2D eigenvalue weighted by molar-refractivity contribution is 9.10. The summed E-state index contributed by atoms with van der Waals surface area (Å²) in [6.45, 7) is 5.16. The second-order valence-corrected chi connectivity index (χ2v) is 6.32. The average Bonchev–Trinajstić information content (AvgIpc) is 2.46. The van der Waals surface area contributed by atoms with E-state index in [9.17, 15) is 0 Å². The lowest BCUT2D eigenvalue weighted by atomic mass is 10.1. The fourth-order valence-electron chi connectivity index (χ4n) is 1.96. The largest absolute Gasteiger partial charge is 0.456 e. The van der Waals surface area contributed by atoms with E-state index in [1.165, 1.54) is 5.56 Å². The molecule has 0 fully saturated rings. The summed E-state index contributed by atoms with van der Waals surface area (Å²) in [5.74, 6) is 1.26. The maximum absolute atomic E-state index is 6.15. The van der Waals surface area contributed by atoms with E-state index in [1.54, 1.807) is 12.1 Å². The van der Waals surface area contributed by atoms with Gasteiger partial charge in [0, 0.05) is 16.6 Å². The summed E-state index contributed by atoms with van der Waals surface area (Å²) in [6.07, 6.45) is 0. The van der Waals surface area contributed by atoms with Gasteiger partial charge in [0.05, 0.1) is 10.0 Å². The molecule has 0 aliphatic carbocycles. The minimum Gasteiger partial charge on any atom is -0.456 e. The monoisotopic (exact) mass is 387 g/mol. The third-order valence-corrected chi connectivity index (χ3v) is 4.59. The first-order valence-corrected chi connectivity index (χ1v) is 8.22. The summed E-state index contributed by atoms with van der Waals surface area (Å²) in [7, 11) is 0. The van der Waals surface area contributed by atoms with Crippen molar-refractivity contribution in [2.75, 3.05) is 6.54 Å². The number of benzene rings is 2. The summed E-state index contributed by atoms with van der Waals surface area (Å²) in [5, 5.41) is 4.44. The molecule has 2 rings (SSSR count). The van der Waals surface area contributed by atoms with E-state index in [4.69, 9.17) is 27.9 Å². The van der Waals surface area contributed by atoms with Crippen molar-refractivity contribution in [2.45, 2.75) is 19.9 Å². The molecule has 21 heavy (non-hydrogen) atoms. The molecule has 1 atom stereocenters. The molecule has 112 valence electrons. The van der Waals surface area contributed by atoms with Crippen molar-refractivity contribution < 1.29 is 4.74 Å². The summed E-state index contributed by atoms with van der Waals surface area (Å²) < 4.78 is 6.53. The zero-order valence-corrected chi connectivity index (χ0v) is 14.9. The Labute approximate surface area is 143 Å². The lowest BCUT2D eigenvalue weighted by Crippen LogP contribution is -2.17. The Bertz CT molecular complexity index is 616. The van der Waals surface area contributed by atoms with Gasteiger partial charge in [-0.3, -0.25) is 0 Å². The van der Waals surface area contributed by atoms with Crippen molar-refractivity contribution in [2.24, 2.45) is 0 Å². The van der Waals surface area contributed by atoms with Gasteiger partial charge < -0.3 is 10.1 Å². The molecule has 1 unspecified atom stereocenters. The van der Waals surface area contributed by atoms with Crippen LogP contribution in [0.5, 0.6) is 11.5 Å². The normalized spacial score (nSPS) is 12.2. The third kappa shape index (κ3) is 4.36. The van der Waals surface area contributed by atoms with Crippen LogP contribution in [0.3, 0.4) is 0 Å².